The summed E-state index contributed by atoms with van der Waals surface area (Å²) in [5.41, 5.74) is 5.56. The van der Waals surface area contributed by atoms with Gasteiger partial charge in [0.15, 0.2) is 0 Å². The van der Waals surface area contributed by atoms with Crippen LogP contribution >= 0.6 is 0 Å². The molecule has 1 saturated heterocycles. The van der Waals surface area contributed by atoms with Crippen molar-refractivity contribution in [1.29, 1.82) is 0 Å². The highest BCUT2D eigenvalue weighted by atomic mass is 15.3. The third-order valence-corrected chi connectivity index (χ3v) is 3.18. The molecule has 0 radical (unpaired) electrons. The number of nitrogens with two attached hydrogens (primary N) is 1. The van der Waals surface area contributed by atoms with Crippen molar-refractivity contribution in [2.75, 3.05) is 25.4 Å². The van der Waals surface area contributed by atoms with Gasteiger partial charge < -0.3 is 10.6 Å². The molecule has 0 atom stereocenters. The summed E-state index contributed by atoms with van der Waals surface area (Å²) in [5.74, 6) is 1.52. The van der Waals surface area contributed by atoms with Crippen LogP contribution in [0.3, 0.4) is 0 Å². The molecule has 1 aliphatic heterocycles. The molecule has 0 aliphatic carbocycles. The van der Waals surface area contributed by atoms with Crippen LogP contribution in [0.2, 0.25) is 0 Å². The van der Waals surface area contributed by atoms with Crippen molar-refractivity contribution in [3.8, 4) is 0 Å². The van der Waals surface area contributed by atoms with Gasteiger partial charge in [-0.3, -0.25) is 4.68 Å². The fraction of sp³-hybridized carbons (Fsp3) is 0.727. The SMILES string of the molecule is CC1CCN(CCn2ccc(N)n2)CC1. The number of hydrogen-bond donors (Lipinski definition) is 1. The summed E-state index contributed by atoms with van der Waals surface area (Å²) in [4.78, 5) is 2.51. The van der Waals surface area contributed by atoms with E-state index < -0.39 is 0 Å². The maximum Gasteiger partial charge on any atom is 0.145 e. The van der Waals surface area contributed by atoms with Gasteiger partial charge in [-0.15, -0.1) is 0 Å². The van der Waals surface area contributed by atoms with E-state index in [2.05, 4.69) is 16.9 Å². The number of hydrogen-bond acceptors (Lipinski definition) is 3. The molecule has 1 aliphatic rings. The Morgan fingerprint density at radius 2 is 2.13 bits per heavy atom. The van der Waals surface area contributed by atoms with Crippen LogP contribution in [-0.2, 0) is 6.54 Å². The second-order valence-corrected chi connectivity index (χ2v) is 4.53. The van der Waals surface area contributed by atoms with Gasteiger partial charge in [0.2, 0.25) is 0 Å². The Kier molecular flexibility index (Phi) is 3.26. The molecule has 2 heterocycles. The molecule has 0 aromatic carbocycles. The first-order valence-electron chi connectivity index (χ1n) is 5.75. The van der Waals surface area contributed by atoms with Crippen LogP contribution in [0.15, 0.2) is 12.3 Å². The van der Waals surface area contributed by atoms with Crippen molar-refractivity contribution in [2.24, 2.45) is 5.92 Å². The van der Waals surface area contributed by atoms with E-state index >= 15 is 0 Å². The Morgan fingerprint density at radius 3 is 2.73 bits per heavy atom. The highest BCUT2D eigenvalue weighted by Gasteiger charge is 2.14. The zero-order chi connectivity index (χ0) is 10.7. The van der Waals surface area contributed by atoms with Crippen molar-refractivity contribution >= 4 is 5.82 Å². The number of aromatic nitrogens is 2. The molecule has 2 rings (SSSR count). The van der Waals surface area contributed by atoms with Crippen molar-refractivity contribution in [2.45, 2.75) is 26.3 Å². The molecule has 0 bridgehead atoms. The third kappa shape index (κ3) is 2.96. The average molecular weight is 208 g/mol. The second kappa shape index (κ2) is 4.66. The normalized spacial score (nSPS) is 19.5. The van der Waals surface area contributed by atoms with E-state index in [9.17, 15) is 0 Å². The van der Waals surface area contributed by atoms with Crippen molar-refractivity contribution in [3.63, 3.8) is 0 Å². The Balaban J connectivity index is 1.74. The first-order valence-corrected chi connectivity index (χ1v) is 5.75. The molecule has 1 aromatic rings. The Morgan fingerprint density at radius 1 is 1.40 bits per heavy atom. The molecule has 4 heteroatoms. The lowest BCUT2D eigenvalue weighted by Gasteiger charge is -2.29. The second-order valence-electron chi connectivity index (χ2n) is 4.53. The summed E-state index contributed by atoms with van der Waals surface area (Å²) in [5, 5.41) is 4.18. The minimum atomic E-state index is 0.613. The van der Waals surface area contributed by atoms with E-state index in [-0.39, 0.29) is 0 Å². The monoisotopic (exact) mass is 208 g/mol. The topological polar surface area (TPSA) is 47.1 Å². The highest BCUT2D eigenvalue weighted by Crippen LogP contribution is 2.15. The van der Waals surface area contributed by atoms with Crippen molar-refractivity contribution < 1.29 is 0 Å². The van der Waals surface area contributed by atoms with Crippen LogP contribution in [0.25, 0.3) is 0 Å². The van der Waals surface area contributed by atoms with Gasteiger partial charge in [0, 0.05) is 12.7 Å². The number of likely N-dealkylation sites (tertiary alicyclic amines) is 1. The van der Waals surface area contributed by atoms with Gasteiger partial charge in [-0.2, -0.15) is 5.10 Å². The van der Waals surface area contributed by atoms with Crippen LogP contribution < -0.4 is 5.73 Å². The molecule has 4 nitrogen and oxygen atoms in total. The molecule has 15 heavy (non-hydrogen) atoms. The molecular weight excluding hydrogens is 188 g/mol. The first kappa shape index (κ1) is 10.5. The van der Waals surface area contributed by atoms with Crippen LogP contribution in [0, 0.1) is 5.92 Å². The molecule has 0 unspecified atom stereocenters. The van der Waals surface area contributed by atoms with Crippen LogP contribution in [-0.4, -0.2) is 34.3 Å². The molecule has 84 valence electrons. The number of nitrogens with zero attached hydrogens (tertiary/aromatic N) is 3. The number of nitrogen functional groups attached to an aromatic ring is 1. The van der Waals surface area contributed by atoms with E-state index in [0.717, 1.165) is 19.0 Å². The predicted molar refractivity (Wildman–Crippen MR) is 61.5 cm³/mol. The average Bonchev–Trinajstić information content (AvgIpc) is 2.64. The molecule has 2 N–H and O–H groups in total. The molecular formula is C11H20N4. The summed E-state index contributed by atoms with van der Waals surface area (Å²) in [6, 6.07) is 1.85. The third-order valence-electron chi connectivity index (χ3n) is 3.18. The van der Waals surface area contributed by atoms with Crippen molar-refractivity contribution in [3.05, 3.63) is 12.3 Å². The van der Waals surface area contributed by atoms with Gasteiger partial charge in [0.1, 0.15) is 5.82 Å². The van der Waals surface area contributed by atoms with E-state index in [0.29, 0.717) is 5.82 Å². The molecule has 0 amide bonds. The Labute approximate surface area is 91.1 Å². The molecule has 1 fully saturated rings. The number of rotatable bonds is 3. The van der Waals surface area contributed by atoms with E-state index in [4.69, 9.17) is 5.73 Å². The Hall–Kier alpha value is -1.03. The van der Waals surface area contributed by atoms with Crippen LogP contribution in [0.1, 0.15) is 19.8 Å². The lowest BCUT2D eigenvalue weighted by atomic mass is 9.99. The fourth-order valence-corrected chi connectivity index (χ4v) is 2.03. The van der Waals surface area contributed by atoms with Gasteiger partial charge in [-0.1, -0.05) is 6.92 Å². The lowest BCUT2D eigenvalue weighted by molar-refractivity contribution is 0.184. The maximum absolute atomic E-state index is 5.56. The smallest absolute Gasteiger partial charge is 0.145 e. The summed E-state index contributed by atoms with van der Waals surface area (Å²) in [6.07, 6.45) is 4.62. The van der Waals surface area contributed by atoms with Gasteiger partial charge in [0.25, 0.3) is 0 Å². The quantitative estimate of drug-likeness (QED) is 0.812. The summed E-state index contributed by atoms with van der Waals surface area (Å²) >= 11 is 0. The highest BCUT2D eigenvalue weighted by molar-refractivity contribution is 5.23. The maximum atomic E-state index is 5.56. The van der Waals surface area contributed by atoms with Gasteiger partial charge in [-0.05, 0) is 37.9 Å². The standard InChI is InChI=1S/C11H20N4/c1-10-2-5-14(6-3-10)8-9-15-7-4-11(12)13-15/h4,7,10H,2-3,5-6,8-9H2,1H3,(H2,12,13). The van der Waals surface area contributed by atoms with Gasteiger partial charge in [0.05, 0.1) is 6.54 Å². The summed E-state index contributed by atoms with van der Waals surface area (Å²) in [7, 11) is 0. The van der Waals surface area contributed by atoms with Crippen molar-refractivity contribution in [1.82, 2.24) is 14.7 Å². The first-order chi connectivity index (χ1) is 7.24. The largest absolute Gasteiger partial charge is 0.382 e. The summed E-state index contributed by atoms with van der Waals surface area (Å²) < 4.78 is 1.92. The zero-order valence-corrected chi connectivity index (χ0v) is 9.39. The molecule has 0 saturated carbocycles. The summed E-state index contributed by atoms with van der Waals surface area (Å²) in [6.45, 7) is 6.85. The minimum Gasteiger partial charge on any atom is -0.382 e. The van der Waals surface area contributed by atoms with Gasteiger partial charge in [-0.25, -0.2) is 0 Å². The van der Waals surface area contributed by atoms with E-state index in [1.165, 1.54) is 25.9 Å². The number of piperidine rings is 1. The van der Waals surface area contributed by atoms with E-state index in [1.807, 2.05) is 16.9 Å². The Bertz CT molecular complexity index is 299. The zero-order valence-electron chi connectivity index (χ0n) is 9.39. The van der Waals surface area contributed by atoms with Crippen LogP contribution in [0.4, 0.5) is 5.82 Å². The molecule has 1 aromatic heterocycles. The van der Waals surface area contributed by atoms with E-state index in [1.54, 1.807) is 0 Å². The fourth-order valence-electron chi connectivity index (χ4n) is 2.03. The lowest BCUT2D eigenvalue weighted by Crippen LogP contribution is -2.35. The number of anilines is 1. The molecule has 0 spiro atoms. The predicted octanol–water partition coefficient (Wildman–Crippen LogP) is 1.20. The van der Waals surface area contributed by atoms with Crippen LogP contribution in [0.5, 0.6) is 0 Å². The minimum absolute atomic E-state index is 0.613. The van der Waals surface area contributed by atoms with Gasteiger partial charge >= 0.3 is 0 Å².